The first-order chi connectivity index (χ1) is 12.6. The molecule has 150 valence electrons. The lowest BCUT2D eigenvalue weighted by Gasteiger charge is -2.51. The number of aliphatic hydroxyl groups is 1. The quantitative estimate of drug-likeness (QED) is 0.838. The standard InChI is InChI=1S/C22H33NO4/c1-15(2)26-19-11-9-16(10-12-19)22(25)13-17-7-6-8-18(14-22)23(17)20(24)27-21(3,4)5/h9-12,15,17-18,25H,6-8,13-14H2,1-5H3. The molecule has 0 aliphatic carbocycles. The third-order valence-corrected chi connectivity index (χ3v) is 5.38. The Labute approximate surface area is 162 Å². The van der Waals surface area contributed by atoms with Crippen LogP contribution in [0.4, 0.5) is 4.79 Å². The minimum atomic E-state index is -0.912. The zero-order valence-electron chi connectivity index (χ0n) is 17.2. The zero-order chi connectivity index (χ0) is 19.8. The SMILES string of the molecule is CC(C)Oc1ccc(C2(O)CC3CCCC(C2)N3C(=O)OC(C)(C)C)cc1. The van der Waals surface area contributed by atoms with E-state index in [0.717, 1.165) is 30.6 Å². The maximum absolute atomic E-state index is 12.7. The fourth-order valence-corrected chi connectivity index (χ4v) is 4.39. The van der Waals surface area contributed by atoms with E-state index in [-0.39, 0.29) is 24.3 Å². The van der Waals surface area contributed by atoms with Gasteiger partial charge in [0.15, 0.2) is 0 Å². The summed E-state index contributed by atoms with van der Waals surface area (Å²) >= 11 is 0. The van der Waals surface area contributed by atoms with E-state index in [1.807, 2.05) is 63.8 Å². The van der Waals surface area contributed by atoms with Gasteiger partial charge in [0, 0.05) is 24.9 Å². The summed E-state index contributed by atoms with van der Waals surface area (Å²) < 4.78 is 11.3. The highest BCUT2D eigenvalue weighted by Crippen LogP contribution is 2.45. The van der Waals surface area contributed by atoms with Crippen LogP contribution in [-0.2, 0) is 10.3 Å². The summed E-state index contributed by atoms with van der Waals surface area (Å²) in [6.07, 6.45) is 3.88. The van der Waals surface area contributed by atoms with E-state index in [2.05, 4.69) is 0 Å². The molecule has 2 atom stereocenters. The van der Waals surface area contributed by atoms with Crippen LogP contribution in [0.3, 0.4) is 0 Å². The predicted molar refractivity (Wildman–Crippen MR) is 105 cm³/mol. The van der Waals surface area contributed by atoms with Gasteiger partial charge in [-0.05, 0) is 71.6 Å². The van der Waals surface area contributed by atoms with Gasteiger partial charge >= 0.3 is 6.09 Å². The average Bonchev–Trinajstić information content (AvgIpc) is 2.52. The minimum Gasteiger partial charge on any atom is -0.491 e. The van der Waals surface area contributed by atoms with Crippen LogP contribution in [0, 0.1) is 0 Å². The van der Waals surface area contributed by atoms with Crippen molar-refractivity contribution in [2.45, 2.75) is 96.1 Å². The molecule has 2 saturated heterocycles. The van der Waals surface area contributed by atoms with Crippen molar-refractivity contribution >= 4 is 6.09 Å². The van der Waals surface area contributed by atoms with Crippen LogP contribution in [-0.4, -0.2) is 39.9 Å². The number of benzene rings is 1. The highest BCUT2D eigenvalue weighted by Gasteiger charge is 2.49. The van der Waals surface area contributed by atoms with Gasteiger partial charge in [-0.2, -0.15) is 0 Å². The lowest BCUT2D eigenvalue weighted by Crippen LogP contribution is -2.59. The zero-order valence-corrected chi connectivity index (χ0v) is 17.2. The second kappa shape index (κ2) is 7.34. The number of piperidine rings is 2. The third-order valence-electron chi connectivity index (χ3n) is 5.38. The second-order valence-electron chi connectivity index (χ2n) is 9.26. The number of hydrogen-bond acceptors (Lipinski definition) is 4. The van der Waals surface area contributed by atoms with Gasteiger partial charge in [0.2, 0.25) is 0 Å². The largest absolute Gasteiger partial charge is 0.491 e. The third kappa shape index (κ3) is 4.57. The van der Waals surface area contributed by atoms with Crippen LogP contribution < -0.4 is 4.74 Å². The Morgan fingerprint density at radius 3 is 2.19 bits per heavy atom. The molecule has 2 aliphatic heterocycles. The molecule has 27 heavy (non-hydrogen) atoms. The Morgan fingerprint density at radius 2 is 1.70 bits per heavy atom. The lowest BCUT2D eigenvalue weighted by molar-refractivity contribution is -0.0965. The fourth-order valence-electron chi connectivity index (χ4n) is 4.39. The first kappa shape index (κ1) is 20.0. The van der Waals surface area contributed by atoms with Gasteiger partial charge in [0.05, 0.1) is 11.7 Å². The topological polar surface area (TPSA) is 59.0 Å². The number of amides is 1. The van der Waals surface area contributed by atoms with E-state index in [0.29, 0.717) is 12.8 Å². The summed E-state index contributed by atoms with van der Waals surface area (Å²) in [7, 11) is 0. The lowest BCUT2D eigenvalue weighted by atomic mass is 9.72. The molecule has 1 amide bonds. The molecule has 0 saturated carbocycles. The summed E-state index contributed by atoms with van der Waals surface area (Å²) in [6, 6.07) is 7.78. The van der Waals surface area contributed by atoms with Crippen LogP contribution in [0.2, 0.25) is 0 Å². The first-order valence-electron chi connectivity index (χ1n) is 10.1. The summed E-state index contributed by atoms with van der Waals surface area (Å²) in [4.78, 5) is 14.6. The first-order valence-corrected chi connectivity index (χ1v) is 10.1. The summed E-state index contributed by atoms with van der Waals surface area (Å²) in [6.45, 7) is 9.66. The Bertz CT molecular complexity index is 648. The van der Waals surface area contributed by atoms with Crippen LogP contribution in [0.15, 0.2) is 24.3 Å². The highest BCUT2D eigenvalue weighted by molar-refractivity contribution is 5.69. The highest BCUT2D eigenvalue weighted by atomic mass is 16.6. The van der Waals surface area contributed by atoms with Gasteiger partial charge < -0.3 is 19.5 Å². The monoisotopic (exact) mass is 375 g/mol. The van der Waals surface area contributed by atoms with E-state index in [1.54, 1.807) is 0 Å². The predicted octanol–water partition coefficient (Wildman–Crippen LogP) is 4.61. The molecule has 2 fully saturated rings. The van der Waals surface area contributed by atoms with Crippen molar-refractivity contribution in [2.24, 2.45) is 0 Å². The molecule has 2 aliphatic rings. The average molecular weight is 376 g/mol. The van der Waals surface area contributed by atoms with Crippen LogP contribution in [0.1, 0.15) is 72.3 Å². The molecule has 2 unspecified atom stereocenters. The number of fused-ring (bicyclic) bond motifs is 2. The van der Waals surface area contributed by atoms with Crippen LogP contribution in [0.25, 0.3) is 0 Å². The van der Waals surface area contributed by atoms with E-state index >= 15 is 0 Å². The van der Waals surface area contributed by atoms with Crippen molar-refractivity contribution in [3.63, 3.8) is 0 Å². The van der Waals surface area contributed by atoms with Crippen molar-refractivity contribution in [1.29, 1.82) is 0 Å². The molecule has 1 aromatic carbocycles. The molecule has 0 aromatic heterocycles. The molecule has 1 aromatic rings. The summed E-state index contributed by atoms with van der Waals surface area (Å²) in [5, 5.41) is 11.4. The van der Waals surface area contributed by atoms with Gasteiger partial charge in [0.25, 0.3) is 0 Å². The molecule has 0 radical (unpaired) electrons. The number of carbonyl (C=O) groups is 1. The molecule has 1 N–H and O–H groups in total. The van der Waals surface area contributed by atoms with E-state index in [1.165, 1.54) is 0 Å². The maximum Gasteiger partial charge on any atom is 0.410 e. The van der Waals surface area contributed by atoms with Crippen LogP contribution >= 0.6 is 0 Å². The van der Waals surface area contributed by atoms with Gasteiger partial charge in [-0.3, -0.25) is 0 Å². The van der Waals surface area contributed by atoms with Gasteiger partial charge in [0.1, 0.15) is 11.4 Å². The normalized spacial score (nSPS) is 28.2. The van der Waals surface area contributed by atoms with Crippen molar-refractivity contribution in [3.05, 3.63) is 29.8 Å². The van der Waals surface area contributed by atoms with Gasteiger partial charge in [-0.25, -0.2) is 4.79 Å². The number of rotatable bonds is 3. The molecule has 2 bridgehead atoms. The Balaban J connectivity index is 1.77. The van der Waals surface area contributed by atoms with Crippen molar-refractivity contribution in [1.82, 2.24) is 4.90 Å². The van der Waals surface area contributed by atoms with Crippen LogP contribution in [0.5, 0.6) is 5.75 Å². The smallest absolute Gasteiger partial charge is 0.410 e. The van der Waals surface area contributed by atoms with Gasteiger partial charge in [-0.1, -0.05) is 12.1 Å². The minimum absolute atomic E-state index is 0.0175. The fraction of sp³-hybridized carbons (Fsp3) is 0.682. The second-order valence-corrected chi connectivity index (χ2v) is 9.26. The molecule has 3 rings (SSSR count). The Hall–Kier alpha value is -1.75. The molecule has 2 heterocycles. The van der Waals surface area contributed by atoms with Crippen molar-refractivity contribution in [3.8, 4) is 5.75 Å². The molecular formula is C22H33NO4. The number of carbonyl (C=O) groups excluding carboxylic acids is 1. The summed E-state index contributed by atoms with van der Waals surface area (Å²) in [5.41, 5.74) is -0.518. The molecule has 5 nitrogen and oxygen atoms in total. The summed E-state index contributed by atoms with van der Waals surface area (Å²) in [5.74, 6) is 0.809. The number of nitrogens with zero attached hydrogens (tertiary/aromatic N) is 1. The number of hydrogen-bond donors (Lipinski definition) is 1. The maximum atomic E-state index is 12.7. The molecule has 0 spiro atoms. The van der Waals surface area contributed by atoms with Crippen molar-refractivity contribution in [2.75, 3.05) is 0 Å². The van der Waals surface area contributed by atoms with E-state index in [9.17, 15) is 9.90 Å². The molecule has 5 heteroatoms. The Kier molecular flexibility index (Phi) is 5.44. The number of ether oxygens (including phenoxy) is 2. The van der Waals surface area contributed by atoms with Crippen molar-refractivity contribution < 1.29 is 19.4 Å². The Morgan fingerprint density at radius 1 is 1.15 bits per heavy atom. The van der Waals surface area contributed by atoms with E-state index in [4.69, 9.17) is 9.47 Å². The van der Waals surface area contributed by atoms with E-state index < -0.39 is 11.2 Å². The van der Waals surface area contributed by atoms with Gasteiger partial charge in [-0.15, -0.1) is 0 Å². The molecular weight excluding hydrogens is 342 g/mol.